The fourth-order valence-corrected chi connectivity index (χ4v) is 5.76. The monoisotopic (exact) mass is 417 g/mol. The van der Waals surface area contributed by atoms with E-state index in [1.807, 2.05) is 0 Å². The normalized spacial score (nSPS) is 24.8. The Balaban J connectivity index is 1.26. The van der Waals surface area contributed by atoms with Crippen LogP contribution in [-0.2, 0) is 15.7 Å². The van der Waals surface area contributed by atoms with Crippen LogP contribution in [0.5, 0.6) is 0 Å². The van der Waals surface area contributed by atoms with E-state index < -0.39 is 11.9 Å². The average molecular weight is 417 g/mol. The molecular weight excluding hydrogens is 391 g/mol. The molecule has 0 aliphatic carbocycles. The second-order valence-electron chi connectivity index (χ2n) is 8.31. The van der Waals surface area contributed by atoms with E-state index in [1.165, 1.54) is 18.0 Å². The third-order valence-electron chi connectivity index (χ3n) is 6.05. The Bertz CT molecular complexity index is 711. The predicted molar refractivity (Wildman–Crippen MR) is 100 cm³/mol. The summed E-state index contributed by atoms with van der Waals surface area (Å²) >= 11 is 1.51. The zero-order valence-electron chi connectivity index (χ0n) is 16.2. The maximum atomic E-state index is 12.8. The summed E-state index contributed by atoms with van der Waals surface area (Å²) in [5.74, 6) is 0. The van der Waals surface area contributed by atoms with Crippen molar-refractivity contribution in [2.45, 2.75) is 36.4 Å². The molecule has 4 heterocycles. The zero-order chi connectivity index (χ0) is 20.0. The first-order chi connectivity index (χ1) is 13.2. The molecule has 4 rings (SSSR count). The van der Waals surface area contributed by atoms with Crippen LogP contribution in [0, 0.1) is 12.3 Å². The number of hydrogen-bond acceptors (Lipinski definition) is 6. The largest absolute Gasteiger partial charge is 0.433 e. The van der Waals surface area contributed by atoms with Crippen molar-refractivity contribution in [3.8, 4) is 0 Å². The van der Waals surface area contributed by atoms with Crippen molar-refractivity contribution in [1.82, 2.24) is 14.2 Å². The fraction of sp³-hybridized carbons (Fsp3) is 0.737. The van der Waals surface area contributed by atoms with Gasteiger partial charge in [-0.2, -0.15) is 13.2 Å². The highest BCUT2D eigenvalue weighted by Gasteiger charge is 2.53. The summed E-state index contributed by atoms with van der Waals surface area (Å²) in [5.41, 5.74) is -0.164. The maximum Gasteiger partial charge on any atom is 0.433 e. The minimum absolute atomic E-state index is 0.0823. The minimum Gasteiger partial charge on any atom is -0.381 e. The first-order valence-corrected chi connectivity index (χ1v) is 10.3. The van der Waals surface area contributed by atoms with Crippen LogP contribution in [0.25, 0.3) is 0 Å². The predicted octanol–water partition coefficient (Wildman–Crippen LogP) is 3.23. The molecule has 3 fully saturated rings. The van der Waals surface area contributed by atoms with Crippen molar-refractivity contribution in [3.05, 3.63) is 23.5 Å². The topological polar surface area (TPSA) is 37.8 Å². The number of alkyl halides is 3. The Morgan fingerprint density at radius 2 is 1.86 bits per heavy atom. The molecule has 1 aromatic rings. The van der Waals surface area contributed by atoms with Crippen LogP contribution in [0.3, 0.4) is 0 Å². The number of aromatic nitrogens is 1. The summed E-state index contributed by atoms with van der Waals surface area (Å²) in [5, 5.41) is 0. The number of halogens is 3. The van der Waals surface area contributed by atoms with Crippen LogP contribution in [-0.4, -0.2) is 72.8 Å². The summed E-state index contributed by atoms with van der Waals surface area (Å²) in [6, 6.07) is 2.59. The number of methoxy groups -OCH3 is 1. The molecule has 3 aliphatic heterocycles. The van der Waals surface area contributed by atoms with Gasteiger partial charge in [-0.05, 0) is 31.0 Å². The highest BCUT2D eigenvalue weighted by atomic mass is 32.2. The molecule has 0 bridgehead atoms. The molecule has 5 nitrogen and oxygen atoms in total. The molecule has 1 spiro atoms. The van der Waals surface area contributed by atoms with Gasteiger partial charge in [0.25, 0.3) is 0 Å². The second-order valence-corrected chi connectivity index (χ2v) is 9.45. The summed E-state index contributed by atoms with van der Waals surface area (Å²) in [7, 11) is 1.79. The summed E-state index contributed by atoms with van der Waals surface area (Å²) in [4.78, 5) is 6.97. The van der Waals surface area contributed by atoms with E-state index in [0.29, 0.717) is 11.1 Å². The third-order valence-corrected chi connectivity index (χ3v) is 7.19. The standard InChI is InChI=1S/C19H26F3N3O2S/c1-14-15(3-4-16(23-14)19(20,21)22)28-25-11-17(12-25)9-24(10-17)13-18(26-2)5-7-27-8-6-18/h3-4H,5-13H2,1-2H3. The Morgan fingerprint density at radius 1 is 1.18 bits per heavy atom. The van der Waals surface area contributed by atoms with Crippen LogP contribution >= 0.6 is 11.9 Å². The van der Waals surface area contributed by atoms with E-state index in [1.54, 1.807) is 14.0 Å². The second kappa shape index (κ2) is 7.43. The van der Waals surface area contributed by atoms with Gasteiger partial charge in [-0.1, -0.05) is 0 Å². The maximum absolute atomic E-state index is 12.8. The average Bonchev–Trinajstić information content (AvgIpc) is 2.59. The van der Waals surface area contributed by atoms with E-state index in [2.05, 4.69) is 14.2 Å². The third kappa shape index (κ3) is 4.05. The van der Waals surface area contributed by atoms with Crippen LogP contribution in [0.2, 0.25) is 0 Å². The lowest BCUT2D eigenvalue weighted by Crippen LogP contribution is -2.72. The van der Waals surface area contributed by atoms with Crippen molar-refractivity contribution in [2.24, 2.45) is 5.41 Å². The van der Waals surface area contributed by atoms with Crippen molar-refractivity contribution in [2.75, 3.05) is 53.0 Å². The Morgan fingerprint density at radius 3 is 2.43 bits per heavy atom. The van der Waals surface area contributed by atoms with Crippen molar-refractivity contribution < 1.29 is 22.6 Å². The molecule has 0 unspecified atom stereocenters. The molecule has 28 heavy (non-hydrogen) atoms. The van der Waals surface area contributed by atoms with Gasteiger partial charge in [0.05, 0.1) is 11.3 Å². The number of rotatable bonds is 5. The summed E-state index contributed by atoms with van der Waals surface area (Å²) in [6.45, 7) is 8.13. The van der Waals surface area contributed by atoms with E-state index in [9.17, 15) is 13.2 Å². The van der Waals surface area contributed by atoms with Gasteiger partial charge in [-0.15, -0.1) is 0 Å². The molecule has 0 aromatic carbocycles. The zero-order valence-corrected chi connectivity index (χ0v) is 17.0. The van der Waals surface area contributed by atoms with Gasteiger partial charge in [0.15, 0.2) is 0 Å². The molecular formula is C19H26F3N3O2S. The molecule has 0 atom stereocenters. The molecule has 0 N–H and O–H groups in total. The lowest BCUT2D eigenvalue weighted by atomic mass is 9.73. The number of likely N-dealkylation sites (tertiary alicyclic amines) is 1. The first kappa shape index (κ1) is 20.4. The summed E-state index contributed by atoms with van der Waals surface area (Å²) < 4.78 is 51.8. The van der Waals surface area contributed by atoms with E-state index in [0.717, 1.165) is 69.7 Å². The highest BCUT2D eigenvalue weighted by Crippen LogP contribution is 2.46. The molecule has 0 radical (unpaired) electrons. The van der Waals surface area contributed by atoms with Gasteiger partial charge in [-0.3, -0.25) is 4.90 Å². The van der Waals surface area contributed by atoms with Gasteiger partial charge < -0.3 is 9.47 Å². The molecule has 0 saturated carbocycles. The quantitative estimate of drug-likeness (QED) is 0.685. The van der Waals surface area contributed by atoms with Crippen molar-refractivity contribution in [3.63, 3.8) is 0 Å². The molecule has 0 amide bonds. The van der Waals surface area contributed by atoms with Gasteiger partial charge in [0, 0.05) is 76.2 Å². The number of hydrogen-bond donors (Lipinski definition) is 0. The van der Waals surface area contributed by atoms with Crippen molar-refractivity contribution >= 4 is 11.9 Å². The summed E-state index contributed by atoms with van der Waals surface area (Å²) in [6.07, 6.45) is -2.52. The van der Waals surface area contributed by atoms with E-state index in [4.69, 9.17) is 9.47 Å². The van der Waals surface area contributed by atoms with Gasteiger partial charge >= 0.3 is 6.18 Å². The van der Waals surface area contributed by atoms with E-state index >= 15 is 0 Å². The molecule has 3 saturated heterocycles. The van der Waals surface area contributed by atoms with Gasteiger partial charge in [0.1, 0.15) is 5.69 Å². The minimum atomic E-state index is -4.39. The Kier molecular flexibility index (Phi) is 5.41. The molecule has 3 aliphatic rings. The van der Waals surface area contributed by atoms with Crippen molar-refractivity contribution in [1.29, 1.82) is 0 Å². The van der Waals surface area contributed by atoms with Crippen LogP contribution in [0.4, 0.5) is 13.2 Å². The fourth-order valence-electron chi connectivity index (χ4n) is 4.50. The number of nitrogens with zero attached hydrogens (tertiary/aromatic N) is 3. The van der Waals surface area contributed by atoms with Crippen LogP contribution in [0.1, 0.15) is 24.2 Å². The van der Waals surface area contributed by atoms with Crippen LogP contribution < -0.4 is 0 Å². The molecule has 9 heteroatoms. The lowest BCUT2D eigenvalue weighted by molar-refractivity contribution is -0.146. The number of ether oxygens (including phenoxy) is 2. The Labute approximate surface area is 167 Å². The SMILES string of the molecule is COC1(CN2CC3(C2)CN(Sc2ccc(C(F)(F)F)nc2C)C3)CCOCC1. The van der Waals surface area contributed by atoms with Gasteiger partial charge in [0.2, 0.25) is 0 Å². The van der Waals surface area contributed by atoms with E-state index in [-0.39, 0.29) is 5.60 Å². The smallest absolute Gasteiger partial charge is 0.381 e. The lowest BCUT2D eigenvalue weighted by Gasteiger charge is -2.61. The molecule has 156 valence electrons. The van der Waals surface area contributed by atoms with Gasteiger partial charge in [-0.25, -0.2) is 9.29 Å². The number of pyridine rings is 1. The Hall–Kier alpha value is -0.870. The highest BCUT2D eigenvalue weighted by molar-refractivity contribution is 7.97. The first-order valence-electron chi connectivity index (χ1n) is 9.56. The van der Waals surface area contributed by atoms with Crippen LogP contribution in [0.15, 0.2) is 17.0 Å². The molecule has 1 aromatic heterocycles. The number of aryl methyl sites for hydroxylation is 1.